The van der Waals surface area contributed by atoms with Gasteiger partial charge in [-0.05, 0) is 17.7 Å². The molecule has 11 heavy (non-hydrogen) atoms. The van der Waals surface area contributed by atoms with Gasteiger partial charge in [0, 0.05) is 6.42 Å². The molecule has 0 aliphatic heterocycles. The highest BCUT2D eigenvalue weighted by Crippen LogP contribution is 2.05. The van der Waals surface area contributed by atoms with E-state index in [9.17, 15) is 9.59 Å². The lowest BCUT2D eigenvalue weighted by Gasteiger charge is -1.94. The zero-order valence-corrected chi connectivity index (χ0v) is 7.28. The van der Waals surface area contributed by atoms with Gasteiger partial charge < -0.3 is 4.18 Å². The largest absolute Gasteiger partial charge is 0.307 e. The minimum absolute atomic E-state index is 0.110. The van der Waals surface area contributed by atoms with Gasteiger partial charge in [0.2, 0.25) is 10.4 Å². The summed E-state index contributed by atoms with van der Waals surface area (Å²) < 4.78 is 4.69. The third-order valence-electron chi connectivity index (χ3n) is 0.690. The first-order valence-corrected chi connectivity index (χ1v) is 3.93. The first-order valence-electron chi connectivity index (χ1n) is 2.81. The molecule has 0 rings (SSSR count). The number of carbonyl (C=O) groups is 2. The molecule has 0 aromatic carbocycles. The molecule has 0 fully saturated rings. The van der Waals surface area contributed by atoms with Crippen LogP contribution in [0.1, 0.15) is 6.42 Å². The van der Waals surface area contributed by atoms with E-state index in [0.717, 1.165) is 6.08 Å². The van der Waals surface area contributed by atoms with Crippen LogP contribution in [0.3, 0.4) is 0 Å². The number of hydrogen-bond donors (Lipinski definition) is 0. The van der Waals surface area contributed by atoms with E-state index in [1.807, 2.05) is 0 Å². The number of halogens is 1. The molecule has 0 aromatic heterocycles. The van der Waals surface area contributed by atoms with E-state index >= 15 is 0 Å². The fraction of sp³-hybridized carbons (Fsp3) is 0.333. The minimum Gasteiger partial charge on any atom is -0.307 e. The van der Waals surface area contributed by atoms with Crippen molar-refractivity contribution in [1.29, 1.82) is 0 Å². The zero-order chi connectivity index (χ0) is 8.69. The Morgan fingerprint density at radius 3 is 2.73 bits per heavy atom. The minimum atomic E-state index is -0.475. The lowest BCUT2D eigenvalue weighted by Crippen LogP contribution is -1.95. The van der Waals surface area contributed by atoms with Crippen molar-refractivity contribution in [3.63, 3.8) is 0 Å². The quantitative estimate of drug-likeness (QED) is 0.288. The fourth-order valence-corrected chi connectivity index (χ4v) is 0.684. The molecule has 0 radical (unpaired) electrons. The molecule has 0 saturated carbocycles. The van der Waals surface area contributed by atoms with Crippen LogP contribution < -0.4 is 0 Å². The van der Waals surface area contributed by atoms with Crippen molar-refractivity contribution in [2.45, 2.75) is 6.42 Å². The van der Waals surface area contributed by atoms with E-state index in [2.05, 4.69) is 10.8 Å². The molecule has 0 aliphatic rings. The molecule has 5 heteroatoms. The maximum atomic E-state index is 10.5. The second kappa shape index (κ2) is 6.39. The summed E-state index contributed by atoms with van der Waals surface area (Å²) in [6.45, 7) is 3.38. The second-order valence-electron chi connectivity index (χ2n) is 1.53. The van der Waals surface area contributed by atoms with Crippen molar-refractivity contribution in [3.8, 4) is 0 Å². The highest BCUT2D eigenvalue weighted by atomic mass is 35.5. The van der Waals surface area contributed by atoms with E-state index in [-0.39, 0.29) is 18.1 Å². The Bertz CT molecular complexity index is 169. The van der Waals surface area contributed by atoms with E-state index in [1.165, 1.54) is 0 Å². The summed E-state index contributed by atoms with van der Waals surface area (Å²) in [6.07, 6.45) is 1.24. The van der Waals surface area contributed by atoms with Gasteiger partial charge in [-0.25, -0.2) is 0 Å². The average molecular weight is 195 g/mol. The summed E-state index contributed by atoms with van der Waals surface area (Å²) in [5.74, 6) is 0. The maximum absolute atomic E-state index is 10.5. The SMILES string of the molecule is C=CC(=O)SOCCC(=O)Cl. The Hall–Kier alpha value is -0.320. The molecule has 0 heterocycles. The molecule has 3 nitrogen and oxygen atoms in total. The highest BCUT2D eigenvalue weighted by molar-refractivity contribution is 8.10. The molecule has 62 valence electrons. The Kier molecular flexibility index (Phi) is 6.21. The lowest BCUT2D eigenvalue weighted by atomic mass is 10.5. The van der Waals surface area contributed by atoms with Crippen molar-refractivity contribution < 1.29 is 13.8 Å². The van der Waals surface area contributed by atoms with Crippen LogP contribution in [-0.4, -0.2) is 17.0 Å². The number of hydrogen-bond acceptors (Lipinski definition) is 4. The van der Waals surface area contributed by atoms with Crippen LogP contribution in [-0.2, 0) is 13.8 Å². The molecule has 0 unspecified atom stereocenters. The van der Waals surface area contributed by atoms with Crippen LogP contribution in [0.25, 0.3) is 0 Å². The first-order chi connectivity index (χ1) is 5.16. The predicted octanol–water partition coefficient (Wildman–Crippen LogP) is 1.52. The van der Waals surface area contributed by atoms with Crippen molar-refractivity contribution in [1.82, 2.24) is 0 Å². The Labute approximate surface area is 73.9 Å². The topological polar surface area (TPSA) is 43.4 Å². The van der Waals surface area contributed by atoms with Crippen molar-refractivity contribution in [3.05, 3.63) is 12.7 Å². The molecule has 0 aromatic rings. The zero-order valence-electron chi connectivity index (χ0n) is 5.71. The Morgan fingerprint density at radius 1 is 1.64 bits per heavy atom. The van der Waals surface area contributed by atoms with Crippen LogP contribution in [0.4, 0.5) is 0 Å². The summed E-state index contributed by atoms with van der Waals surface area (Å²) in [7, 11) is 0. The van der Waals surface area contributed by atoms with Gasteiger partial charge in [-0.3, -0.25) is 9.59 Å². The molecule has 0 saturated heterocycles. The Morgan fingerprint density at radius 2 is 2.27 bits per heavy atom. The monoisotopic (exact) mass is 194 g/mol. The molecule has 0 bridgehead atoms. The smallest absolute Gasteiger partial charge is 0.238 e. The molecule has 0 amide bonds. The molecular weight excluding hydrogens is 188 g/mol. The van der Waals surface area contributed by atoms with Gasteiger partial charge in [0.25, 0.3) is 0 Å². The third kappa shape index (κ3) is 7.58. The van der Waals surface area contributed by atoms with Crippen LogP contribution in [0.15, 0.2) is 12.7 Å². The van der Waals surface area contributed by atoms with E-state index in [1.54, 1.807) is 0 Å². The highest BCUT2D eigenvalue weighted by Gasteiger charge is 1.99. The van der Waals surface area contributed by atoms with E-state index < -0.39 is 5.24 Å². The second-order valence-corrected chi connectivity index (χ2v) is 2.76. The number of rotatable bonds is 5. The van der Waals surface area contributed by atoms with Crippen molar-refractivity contribution in [2.24, 2.45) is 0 Å². The molecule has 0 N–H and O–H groups in total. The van der Waals surface area contributed by atoms with Crippen molar-refractivity contribution >= 4 is 34.0 Å². The summed E-state index contributed by atoms with van der Waals surface area (Å²) in [5, 5.41) is -0.760. The van der Waals surface area contributed by atoms with Crippen LogP contribution in [0.5, 0.6) is 0 Å². The van der Waals surface area contributed by atoms with Gasteiger partial charge >= 0.3 is 0 Å². The fourth-order valence-electron chi connectivity index (χ4n) is 0.256. The maximum Gasteiger partial charge on any atom is 0.238 e. The van der Waals surface area contributed by atoms with Gasteiger partial charge in [0.1, 0.15) is 0 Å². The van der Waals surface area contributed by atoms with Gasteiger partial charge in [-0.1, -0.05) is 6.58 Å². The summed E-state index contributed by atoms with van der Waals surface area (Å²) in [5.41, 5.74) is 0. The summed E-state index contributed by atoms with van der Waals surface area (Å²) in [6, 6.07) is 0. The van der Waals surface area contributed by atoms with Gasteiger partial charge in [-0.15, -0.1) is 0 Å². The van der Waals surface area contributed by atoms with Gasteiger partial charge in [0.15, 0.2) is 0 Å². The van der Waals surface area contributed by atoms with Gasteiger partial charge in [0.05, 0.1) is 18.6 Å². The predicted molar refractivity (Wildman–Crippen MR) is 44.2 cm³/mol. The normalized spacial score (nSPS) is 9.18. The van der Waals surface area contributed by atoms with Crippen LogP contribution in [0.2, 0.25) is 0 Å². The van der Waals surface area contributed by atoms with E-state index in [4.69, 9.17) is 11.6 Å². The Balaban J connectivity index is 3.21. The molecule has 0 spiro atoms. The third-order valence-corrected chi connectivity index (χ3v) is 1.49. The summed E-state index contributed by atoms with van der Waals surface area (Å²) >= 11 is 5.64. The lowest BCUT2D eigenvalue weighted by molar-refractivity contribution is -0.112. The molecule has 0 aliphatic carbocycles. The van der Waals surface area contributed by atoms with Crippen molar-refractivity contribution in [2.75, 3.05) is 6.61 Å². The number of carbonyl (C=O) groups excluding carboxylic acids is 2. The average Bonchev–Trinajstić information content (AvgIpc) is 1.97. The van der Waals surface area contributed by atoms with E-state index in [0.29, 0.717) is 12.0 Å². The summed E-state index contributed by atoms with van der Waals surface area (Å²) in [4.78, 5) is 20.6. The molecule has 0 atom stereocenters. The van der Waals surface area contributed by atoms with Gasteiger partial charge in [-0.2, -0.15) is 0 Å². The molecular formula is C6H7ClO3S. The van der Waals surface area contributed by atoms with Crippen LogP contribution in [0, 0.1) is 0 Å². The van der Waals surface area contributed by atoms with Crippen LogP contribution >= 0.6 is 23.6 Å². The standard InChI is InChI=1S/C6H7ClO3S/c1-2-6(9)11-10-4-3-5(7)8/h2H,1,3-4H2. The first kappa shape index (κ1) is 10.7.